The maximum Gasteiger partial charge on any atom is 0.295 e. The molecule has 0 aliphatic rings. The number of aromatic hydroxyl groups is 1. The van der Waals surface area contributed by atoms with Crippen LogP contribution in [0.3, 0.4) is 0 Å². The van der Waals surface area contributed by atoms with E-state index in [1.165, 1.54) is 6.21 Å². The van der Waals surface area contributed by atoms with E-state index in [0.29, 0.717) is 11.3 Å². The number of benzene rings is 2. The lowest BCUT2D eigenvalue weighted by Gasteiger charge is -2.07. The molecule has 0 radical (unpaired) electrons. The van der Waals surface area contributed by atoms with Gasteiger partial charge in [0.15, 0.2) is 5.11 Å². The summed E-state index contributed by atoms with van der Waals surface area (Å²) in [5.74, 6) is 0.117. The molecule has 0 saturated carbocycles. The van der Waals surface area contributed by atoms with Crippen LogP contribution in [-0.4, -0.2) is 25.8 Å². The largest absolute Gasteiger partial charge is 0.507 e. The van der Waals surface area contributed by atoms with Crippen LogP contribution in [0.25, 0.3) is 5.69 Å². The minimum Gasteiger partial charge on any atom is -0.507 e. The quantitative estimate of drug-likeness (QED) is 0.367. The highest BCUT2D eigenvalue weighted by molar-refractivity contribution is 7.80. The van der Waals surface area contributed by atoms with Crippen molar-refractivity contribution >= 4 is 29.2 Å². The Kier molecular flexibility index (Phi) is 5.37. The second-order valence-electron chi connectivity index (χ2n) is 5.82. The zero-order chi connectivity index (χ0) is 19.4. The Morgan fingerprint density at radius 3 is 2.52 bits per heavy atom. The number of anilines is 1. The molecule has 27 heavy (non-hydrogen) atoms. The number of para-hydroxylation sites is 2. The molecular formula is C19H19N5O2S. The van der Waals surface area contributed by atoms with Crippen LogP contribution < -0.4 is 16.3 Å². The van der Waals surface area contributed by atoms with Gasteiger partial charge < -0.3 is 10.4 Å². The highest BCUT2D eigenvalue weighted by Gasteiger charge is 2.16. The van der Waals surface area contributed by atoms with Gasteiger partial charge in [-0.3, -0.25) is 14.9 Å². The summed E-state index contributed by atoms with van der Waals surface area (Å²) in [6.07, 6.45) is 1.45. The van der Waals surface area contributed by atoms with Crippen LogP contribution in [0.2, 0.25) is 0 Å². The molecule has 0 bridgehead atoms. The molecule has 3 aromatic rings. The number of nitrogens with zero attached hydrogens (tertiary/aromatic N) is 3. The lowest BCUT2D eigenvalue weighted by Crippen LogP contribution is -2.28. The van der Waals surface area contributed by atoms with Gasteiger partial charge in [-0.2, -0.15) is 5.10 Å². The Bertz CT molecular complexity index is 1050. The van der Waals surface area contributed by atoms with Crippen LogP contribution >= 0.6 is 12.2 Å². The smallest absolute Gasteiger partial charge is 0.295 e. The molecule has 1 aromatic heterocycles. The maximum atomic E-state index is 12.8. The van der Waals surface area contributed by atoms with Gasteiger partial charge in [-0.15, -0.1) is 0 Å². The minimum absolute atomic E-state index is 0.117. The molecule has 0 amide bonds. The Morgan fingerprint density at radius 1 is 1.15 bits per heavy atom. The lowest BCUT2D eigenvalue weighted by atomic mass is 10.2. The van der Waals surface area contributed by atoms with Crippen LogP contribution in [0.5, 0.6) is 5.75 Å². The number of aromatic nitrogens is 2. The van der Waals surface area contributed by atoms with E-state index in [1.54, 1.807) is 33.6 Å². The fourth-order valence-corrected chi connectivity index (χ4v) is 2.77. The third-order valence-corrected chi connectivity index (χ3v) is 4.29. The Hall–Kier alpha value is -3.39. The van der Waals surface area contributed by atoms with E-state index >= 15 is 0 Å². The summed E-state index contributed by atoms with van der Waals surface area (Å²) < 4.78 is 3.32. The van der Waals surface area contributed by atoms with Crippen LogP contribution in [0.4, 0.5) is 5.69 Å². The fraction of sp³-hybridized carbons (Fsp3) is 0.105. The molecule has 8 heteroatoms. The number of hydrazone groups is 1. The van der Waals surface area contributed by atoms with Crippen molar-refractivity contribution in [2.24, 2.45) is 12.1 Å². The summed E-state index contributed by atoms with van der Waals surface area (Å²) >= 11 is 5.22. The minimum atomic E-state index is -0.213. The second-order valence-corrected chi connectivity index (χ2v) is 6.23. The van der Waals surface area contributed by atoms with Crippen LogP contribution in [0.1, 0.15) is 11.3 Å². The van der Waals surface area contributed by atoms with Crippen LogP contribution in [0.15, 0.2) is 64.5 Å². The van der Waals surface area contributed by atoms with Gasteiger partial charge >= 0.3 is 0 Å². The maximum absolute atomic E-state index is 12.8. The number of hydrogen-bond donors (Lipinski definition) is 3. The van der Waals surface area contributed by atoms with Crippen LogP contribution in [0, 0.1) is 6.92 Å². The van der Waals surface area contributed by atoms with E-state index in [4.69, 9.17) is 12.2 Å². The number of nitrogens with one attached hydrogen (secondary N) is 2. The average molecular weight is 381 g/mol. The molecule has 0 atom stereocenters. The van der Waals surface area contributed by atoms with Gasteiger partial charge in [-0.05, 0) is 43.4 Å². The van der Waals surface area contributed by atoms with Gasteiger partial charge in [0, 0.05) is 12.6 Å². The third kappa shape index (κ3) is 3.90. The normalized spacial score (nSPS) is 10.9. The molecule has 3 rings (SSSR count). The first kappa shape index (κ1) is 18.4. The Labute approximate surface area is 161 Å². The summed E-state index contributed by atoms with van der Waals surface area (Å²) in [7, 11) is 1.81. The Morgan fingerprint density at radius 2 is 1.81 bits per heavy atom. The molecule has 0 fully saturated rings. The summed E-state index contributed by atoms with van der Waals surface area (Å²) in [5.41, 5.74) is 4.86. The second kappa shape index (κ2) is 7.88. The molecule has 2 aromatic carbocycles. The van der Waals surface area contributed by atoms with Crippen molar-refractivity contribution in [2.75, 3.05) is 5.32 Å². The average Bonchev–Trinajstić information content (AvgIpc) is 2.87. The van der Waals surface area contributed by atoms with E-state index < -0.39 is 0 Å². The first-order valence-corrected chi connectivity index (χ1v) is 8.62. The fourth-order valence-electron chi connectivity index (χ4n) is 2.61. The monoisotopic (exact) mass is 381 g/mol. The highest BCUT2D eigenvalue weighted by atomic mass is 32.1. The molecule has 1 heterocycles. The number of hydrogen-bond acceptors (Lipinski definition) is 4. The van der Waals surface area contributed by atoms with Crippen molar-refractivity contribution in [1.82, 2.24) is 14.8 Å². The van der Waals surface area contributed by atoms with Crippen molar-refractivity contribution in [3.05, 3.63) is 76.2 Å². The highest BCUT2D eigenvalue weighted by Crippen LogP contribution is 2.14. The first-order valence-electron chi connectivity index (χ1n) is 8.21. The van der Waals surface area contributed by atoms with Crippen molar-refractivity contribution < 1.29 is 5.11 Å². The van der Waals surface area contributed by atoms with Gasteiger partial charge in [0.2, 0.25) is 0 Å². The van der Waals surface area contributed by atoms with Gasteiger partial charge in [-0.1, -0.05) is 30.3 Å². The van der Waals surface area contributed by atoms with E-state index in [9.17, 15) is 9.90 Å². The molecule has 0 saturated heterocycles. The number of phenols is 1. The summed E-state index contributed by atoms with van der Waals surface area (Å²) in [5, 5.41) is 16.8. The molecule has 7 nitrogen and oxygen atoms in total. The van der Waals surface area contributed by atoms with E-state index in [0.717, 1.165) is 11.4 Å². The van der Waals surface area contributed by atoms with E-state index in [-0.39, 0.29) is 16.4 Å². The van der Waals surface area contributed by atoms with Crippen molar-refractivity contribution in [1.29, 1.82) is 0 Å². The molecule has 0 unspecified atom stereocenters. The SMILES string of the molecule is Cc1c(NC(=S)N/N=C/c2ccccc2O)c(=O)n(-c2ccccc2)n1C. The van der Waals surface area contributed by atoms with E-state index in [2.05, 4.69) is 15.8 Å². The van der Waals surface area contributed by atoms with Gasteiger partial charge in [0.25, 0.3) is 5.56 Å². The topological polar surface area (TPSA) is 83.6 Å². The Balaban J connectivity index is 1.77. The predicted octanol–water partition coefficient (Wildman–Crippen LogP) is 2.51. The number of rotatable bonds is 4. The molecular weight excluding hydrogens is 362 g/mol. The molecule has 3 N–H and O–H groups in total. The summed E-state index contributed by atoms with van der Waals surface area (Å²) in [4.78, 5) is 12.8. The van der Waals surface area contributed by atoms with E-state index in [1.807, 2.05) is 44.3 Å². The number of thiocarbonyl (C=S) groups is 1. The van der Waals surface area contributed by atoms with Crippen molar-refractivity contribution in [3.63, 3.8) is 0 Å². The standard InChI is InChI=1S/C19H19N5O2S/c1-13-17(18(26)24(23(13)2)15-9-4-3-5-10-15)21-19(27)22-20-12-14-8-6-7-11-16(14)25/h3-12,25H,1-2H3,(H2,21,22,27)/b20-12+. The molecule has 138 valence electrons. The van der Waals surface area contributed by atoms with Gasteiger partial charge in [-0.25, -0.2) is 4.68 Å². The zero-order valence-corrected chi connectivity index (χ0v) is 15.7. The molecule has 0 aliphatic carbocycles. The number of phenolic OH excluding ortho intramolecular Hbond substituents is 1. The molecule has 0 aliphatic heterocycles. The zero-order valence-electron chi connectivity index (χ0n) is 14.9. The van der Waals surface area contributed by atoms with Crippen molar-refractivity contribution in [2.45, 2.75) is 6.92 Å². The van der Waals surface area contributed by atoms with Crippen molar-refractivity contribution in [3.8, 4) is 11.4 Å². The third-order valence-electron chi connectivity index (χ3n) is 4.10. The molecule has 0 spiro atoms. The van der Waals surface area contributed by atoms with Gasteiger partial charge in [0.05, 0.1) is 17.6 Å². The summed E-state index contributed by atoms with van der Waals surface area (Å²) in [6.45, 7) is 1.83. The summed E-state index contributed by atoms with van der Waals surface area (Å²) in [6, 6.07) is 16.2. The first-order chi connectivity index (χ1) is 13.0. The lowest BCUT2D eigenvalue weighted by molar-refractivity contribution is 0.474. The predicted molar refractivity (Wildman–Crippen MR) is 111 cm³/mol. The van der Waals surface area contributed by atoms with Crippen LogP contribution in [-0.2, 0) is 7.05 Å². The van der Waals surface area contributed by atoms with Gasteiger partial charge in [0.1, 0.15) is 11.4 Å².